The van der Waals surface area contributed by atoms with Crippen molar-refractivity contribution in [1.29, 1.82) is 0 Å². The first kappa shape index (κ1) is 17.1. The minimum atomic E-state index is -0.343. The van der Waals surface area contributed by atoms with E-state index >= 15 is 0 Å². The molecule has 3 rings (SSSR count). The second kappa shape index (κ2) is 7.03. The van der Waals surface area contributed by atoms with Gasteiger partial charge in [-0.3, -0.25) is 4.79 Å². The highest BCUT2D eigenvalue weighted by Crippen LogP contribution is 2.39. The highest BCUT2D eigenvalue weighted by Gasteiger charge is 2.28. The van der Waals surface area contributed by atoms with E-state index in [4.69, 9.17) is 4.74 Å². The smallest absolute Gasteiger partial charge is 0.341 e. The summed E-state index contributed by atoms with van der Waals surface area (Å²) >= 11 is 2.87. The number of amides is 1. The number of fused-ring (bicyclic) bond motifs is 1. The molecule has 0 saturated carbocycles. The molecular weight excluding hydrogens is 344 g/mol. The van der Waals surface area contributed by atoms with Gasteiger partial charge in [-0.25, -0.2) is 9.78 Å². The Morgan fingerprint density at radius 3 is 2.62 bits per heavy atom. The monoisotopic (exact) mass is 364 g/mol. The van der Waals surface area contributed by atoms with Gasteiger partial charge in [0.2, 0.25) is 0 Å². The van der Waals surface area contributed by atoms with Gasteiger partial charge >= 0.3 is 5.97 Å². The van der Waals surface area contributed by atoms with Gasteiger partial charge < -0.3 is 10.1 Å². The van der Waals surface area contributed by atoms with Crippen molar-refractivity contribution in [2.24, 2.45) is 0 Å². The Hall–Kier alpha value is -1.73. The lowest BCUT2D eigenvalue weighted by Crippen LogP contribution is -2.15. The molecule has 5 nitrogen and oxygen atoms in total. The Bertz CT molecular complexity index is 792. The predicted molar refractivity (Wildman–Crippen MR) is 96.5 cm³/mol. The van der Waals surface area contributed by atoms with Gasteiger partial charge in [-0.15, -0.1) is 22.7 Å². The van der Waals surface area contributed by atoms with Gasteiger partial charge in [0, 0.05) is 4.88 Å². The normalized spacial score (nSPS) is 13.5. The molecule has 0 spiro atoms. The third-order valence-electron chi connectivity index (χ3n) is 3.99. The highest BCUT2D eigenvalue weighted by atomic mass is 32.1. The van der Waals surface area contributed by atoms with Crippen molar-refractivity contribution in [2.45, 2.75) is 46.5 Å². The van der Waals surface area contributed by atoms with Crippen molar-refractivity contribution in [1.82, 2.24) is 4.98 Å². The summed E-state index contributed by atoms with van der Waals surface area (Å²) in [5.74, 6) is -0.549. The zero-order valence-electron chi connectivity index (χ0n) is 14.0. The van der Waals surface area contributed by atoms with Crippen LogP contribution in [0.15, 0.2) is 0 Å². The summed E-state index contributed by atoms with van der Waals surface area (Å²) in [6.07, 6.45) is 4.02. The Morgan fingerprint density at radius 1 is 1.21 bits per heavy atom. The quantitative estimate of drug-likeness (QED) is 0.828. The molecule has 7 heteroatoms. The van der Waals surface area contributed by atoms with Gasteiger partial charge in [0.15, 0.2) is 0 Å². The summed E-state index contributed by atoms with van der Waals surface area (Å²) in [4.78, 5) is 31.1. The van der Waals surface area contributed by atoms with Crippen LogP contribution in [0.4, 0.5) is 5.00 Å². The Labute approximate surface area is 149 Å². The zero-order valence-corrected chi connectivity index (χ0v) is 15.7. The number of thiophene rings is 1. The lowest BCUT2D eigenvalue weighted by Gasteiger charge is -2.12. The number of nitrogens with zero attached hydrogens (tertiary/aromatic N) is 1. The molecule has 1 N–H and O–H groups in total. The molecule has 2 aromatic heterocycles. The molecule has 0 fully saturated rings. The van der Waals surface area contributed by atoms with E-state index in [1.54, 1.807) is 6.92 Å². The summed E-state index contributed by atoms with van der Waals surface area (Å²) < 4.78 is 5.21. The molecule has 0 aliphatic heterocycles. The minimum Gasteiger partial charge on any atom is -0.462 e. The van der Waals surface area contributed by atoms with E-state index in [-0.39, 0.29) is 11.9 Å². The second-order valence-electron chi connectivity index (χ2n) is 5.74. The first-order valence-corrected chi connectivity index (χ1v) is 9.71. The van der Waals surface area contributed by atoms with Crippen molar-refractivity contribution in [2.75, 3.05) is 11.9 Å². The third kappa shape index (κ3) is 3.23. The molecule has 0 atom stereocenters. The molecule has 1 aliphatic carbocycles. The van der Waals surface area contributed by atoms with E-state index < -0.39 is 0 Å². The fraction of sp³-hybridized carbons (Fsp3) is 0.471. The summed E-state index contributed by atoms with van der Waals surface area (Å²) in [5, 5.41) is 4.39. The lowest BCUT2D eigenvalue weighted by molar-refractivity contribution is 0.0526. The summed E-state index contributed by atoms with van der Waals surface area (Å²) in [7, 11) is 0. The Kier molecular flexibility index (Phi) is 5.01. The number of carbonyl (C=O) groups excluding carboxylic acids is 2. The van der Waals surface area contributed by atoms with Crippen LogP contribution in [0.25, 0.3) is 0 Å². The first-order valence-electron chi connectivity index (χ1n) is 8.08. The number of thiazole rings is 1. The largest absolute Gasteiger partial charge is 0.462 e. The molecule has 2 heterocycles. The molecule has 24 heavy (non-hydrogen) atoms. The number of esters is 1. The van der Waals surface area contributed by atoms with E-state index in [1.807, 2.05) is 13.8 Å². The minimum absolute atomic E-state index is 0.206. The number of anilines is 1. The Morgan fingerprint density at radius 2 is 1.96 bits per heavy atom. The van der Waals surface area contributed by atoms with E-state index in [9.17, 15) is 9.59 Å². The fourth-order valence-corrected chi connectivity index (χ4v) is 5.06. The summed E-state index contributed by atoms with van der Waals surface area (Å²) in [5.41, 5.74) is 2.31. The van der Waals surface area contributed by atoms with Gasteiger partial charge in [0.1, 0.15) is 9.88 Å². The van der Waals surface area contributed by atoms with Crippen molar-refractivity contribution in [3.05, 3.63) is 31.6 Å². The predicted octanol–water partition coefficient (Wildman–Crippen LogP) is 4.13. The van der Waals surface area contributed by atoms with Crippen LogP contribution in [0.2, 0.25) is 0 Å². The lowest BCUT2D eigenvalue weighted by atomic mass is 9.95. The number of hydrogen-bond donors (Lipinski definition) is 1. The second-order valence-corrected chi connectivity index (χ2v) is 8.05. The molecular formula is C17H20N2O3S2. The van der Waals surface area contributed by atoms with Gasteiger partial charge in [0.05, 0.1) is 22.9 Å². The van der Waals surface area contributed by atoms with Gasteiger partial charge in [-0.05, 0) is 52.0 Å². The maximum atomic E-state index is 12.6. The van der Waals surface area contributed by atoms with Crippen molar-refractivity contribution in [3.8, 4) is 0 Å². The number of aromatic nitrogens is 1. The maximum absolute atomic E-state index is 12.6. The maximum Gasteiger partial charge on any atom is 0.341 e. The van der Waals surface area contributed by atoms with Crippen LogP contribution >= 0.6 is 22.7 Å². The molecule has 128 valence electrons. The zero-order chi connectivity index (χ0) is 17.3. The number of rotatable bonds is 4. The fourth-order valence-electron chi connectivity index (χ4n) is 2.97. The van der Waals surface area contributed by atoms with Crippen molar-refractivity contribution < 1.29 is 14.3 Å². The van der Waals surface area contributed by atoms with Crippen LogP contribution in [-0.2, 0) is 17.6 Å². The van der Waals surface area contributed by atoms with E-state index in [0.29, 0.717) is 27.7 Å². The van der Waals surface area contributed by atoms with E-state index in [2.05, 4.69) is 10.3 Å². The SMILES string of the molecule is CCOC(=O)c1c(NC(=O)c2sc(C)nc2C)sc2c1CCCC2. The van der Waals surface area contributed by atoms with Crippen molar-refractivity contribution >= 4 is 39.6 Å². The van der Waals surface area contributed by atoms with Crippen molar-refractivity contribution in [3.63, 3.8) is 0 Å². The van der Waals surface area contributed by atoms with Crippen LogP contribution in [0.3, 0.4) is 0 Å². The number of hydrogen-bond acceptors (Lipinski definition) is 6. The molecule has 0 bridgehead atoms. The average Bonchev–Trinajstić information content (AvgIpc) is 3.06. The number of carbonyl (C=O) groups is 2. The van der Waals surface area contributed by atoms with E-state index in [0.717, 1.165) is 36.3 Å². The van der Waals surface area contributed by atoms with Crippen LogP contribution in [-0.4, -0.2) is 23.5 Å². The summed E-state index contributed by atoms with van der Waals surface area (Å²) in [6.45, 7) is 5.81. The number of nitrogens with one attached hydrogen (secondary N) is 1. The van der Waals surface area contributed by atoms with Crippen LogP contribution in [0, 0.1) is 13.8 Å². The molecule has 0 aromatic carbocycles. The highest BCUT2D eigenvalue weighted by molar-refractivity contribution is 7.17. The first-order chi connectivity index (χ1) is 11.5. The summed E-state index contributed by atoms with van der Waals surface area (Å²) in [6, 6.07) is 0. The number of ether oxygens (including phenoxy) is 1. The van der Waals surface area contributed by atoms with Crippen LogP contribution in [0.1, 0.15) is 60.9 Å². The van der Waals surface area contributed by atoms with Gasteiger partial charge in [-0.2, -0.15) is 0 Å². The molecule has 0 saturated heterocycles. The van der Waals surface area contributed by atoms with Gasteiger partial charge in [0.25, 0.3) is 5.91 Å². The van der Waals surface area contributed by atoms with E-state index in [1.165, 1.54) is 27.6 Å². The standard InChI is InChI=1S/C17H20N2O3S2/c1-4-22-17(21)13-11-7-5-6-8-12(11)24-16(13)19-15(20)14-9(2)18-10(3)23-14/h4-8H2,1-3H3,(H,19,20). The molecule has 1 amide bonds. The van der Waals surface area contributed by atoms with Crippen LogP contribution < -0.4 is 5.32 Å². The van der Waals surface area contributed by atoms with Gasteiger partial charge in [-0.1, -0.05) is 0 Å². The molecule has 2 aromatic rings. The number of aryl methyl sites for hydroxylation is 3. The Balaban J connectivity index is 1.95. The topological polar surface area (TPSA) is 68.3 Å². The third-order valence-corrected chi connectivity index (χ3v) is 6.27. The molecule has 1 aliphatic rings. The molecule has 0 radical (unpaired) electrons. The van der Waals surface area contributed by atoms with Crippen LogP contribution in [0.5, 0.6) is 0 Å². The molecule has 0 unspecified atom stereocenters. The average molecular weight is 364 g/mol.